The van der Waals surface area contributed by atoms with Gasteiger partial charge in [-0.1, -0.05) is 30.3 Å². The zero-order valence-corrected chi connectivity index (χ0v) is 17.1. The van der Waals surface area contributed by atoms with Crippen molar-refractivity contribution < 1.29 is 19.1 Å². The summed E-state index contributed by atoms with van der Waals surface area (Å²) in [5.74, 6) is 1.23. The van der Waals surface area contributed by atoms with Crippen LogP contribution in [0.5, 0.6) is 11.5 Å². The number of carbonyl (C=O) groups is 2. The molecular weight excluding hydrogens is 400 g/mol. The van der Waals surface area contributed by atoms with Crippen molar-refractivity contribution in [3.63, 3.8) is 0 Å². The van der Waals surface area contributed by atoms with E-state index in [2.05, 4.69) is 0 Å². The molecule has 6 nitrogen and oxygen atoms in total. The van der Waals surface area contributed by atoms with Crippen LogP contribution in [-0.4, -0.2) is 54.6 Å². The second-order valence-corrected chi connectivity index (χ2v) is 8.10. The summed E-state index contributed by atoms with van der Waals surface area (Å²) in [6.45, 7) is 2.22. The van der Waals surface area contributed by atoms with Crippen molar-refractivity contribution in [2.45, 2.75) is 0 Å². The van der Waals surface area contributed by atoms with E-state index in [1.54, 1.807) is 23.1 Å². The minimum Gasteiger partial charge on any atom is -0.454 e. The molecule has 0 N–H and O–H groups in total. The summed E-state index contributed by atoms with van der Waals surface area (Å²) in [6.07, 6.45) is 0. The van der Waals surface area contributed by atoms with E-state index in [9.17, 15) is 9.59 Å². The van der Waals surface area contributed by atoms with E-state index in [1.165, 1.54) is 11.3 Å². The Kier molecular flexibility index (Phi) is 4.88. The van der Waals surface area contributed by atoms with Crippen molar-refractivity contribution in [1.29, 1.82) is 0 Å². The maximum Gasteiger partial charge on any atom is 0.264 e. The van der Waals surface area contributed by atoms with Crippen LogP contribution in [0.1, 0.15) is 20.0 Å². The van der Waals surface area contributed by atoms with Crippen LogP contribution >= 0.6 is 11.3 Å². The van der Waals surface area contributed by atoms with Gasteiger partial charge in [-0.25, -0.2) is 0 Å². The van der Waals surface area contributed by atoms with Gasteiger partial charge in [0.1, 0.15) is 0 Å². The topological polar surface area (TPSA) is 59.1 Å². The SMILES string of the molecule is O=C(c1ccc2c(c1)OCO2)N1CCN(C(=O)c2sccc2-c2ccccc2)CC1. The first-order valence-corrected chi connectivity index (χ1v) is 10.7. The standard InChI is InChI=1S/C23H20N2O4S/c26-22(17-6-7-19-20(14-17)29-15-28-19)24-9-11-25(12-10-24)23(27)21-18(8-13-30-21)16-4-2-1-3-5-16/h1-8,13-14H,9-12,15H2. The molecule has 7 heteroatoms. The number of rotatable bonds is 3. The van der Waals surface area contributed by atoms with E-state index < -0.39 is 0 Å². The van der Waals surface area contributed by atoms with Gasteiger partial charge < -0.3 is 19.3 Å². The highest BCUT2D eigenvalue weighted by atomic mass is 32.1. The molecule has 0 atom stereocenters. The first-order valence-electron chi connectivity index (χ1n) is 9.82. The van der Waals surface area contributed by atoms with Gasteiger partial charge in [0.15, 0.2) is 11.5 Å². The molecule has 0 spiro atoms. The lowest BCUT2D eigenvalue weighted by molar-refractivity contribution is 0.0538. The molecule has 2 aromatic carbocycles. The number of fused-ring (bicyclic) bond motifs is 1. The Hall–Kier alpha value is -3.32. The lowest BCUT2D eigenvalue weighted by atomic mass is 10.1. The fourth-order valence-electron chi connectivity index (χ4n) is 3.79. The lowest BCUT2D eigenvalue weighted by Crippen LogP contribution is -2.50. The zero-order chi connectivity index (χ0) is 20.5. The average molecular weight is 420 g/mol. The number of carbonyl (C=O) groups excluding carboxylic acids is 2. The van der Waals surface area contributed by atoms with Gasteiger partial charge in [-0.2, -0.15) is 0 Å². The summed E-state index contributed by atoms with van der Waals surface area (Å²) in [4.78, 5) is 30.4. The Balaban J connectivity index is 1.26. The fraction of sp³-hybridized carbons (Fsp3) is 0.217. The van der Waals surface area contributed by atoms with Crippen molar-refractivity contribution in [3.05, 3.63) is 70.4 Å². The molecule has 2 aliphatic rings. The molecule has 5 rings (SSSR count). The van der Waals surface area contributed by atoms with E-state index in [4.69, 9.17) is 9.47 Å². The molecule has 1 saturated heterocycles. The zero-order valence-electron chi connectivity index (χ0n) is 16.2. The van der Waals surface area contributed by atoms with Crippen LogP contribution in [-0.2, 0) is 0 Å². The first kappa shape index (κ1) is 18.7. The number of amides is 2. The summed E-state index contributed by atoms with van der Waals surface area (Å²) in [6, 6.07) is 17.2. The molecule has 1 fully saturated rings. The Morgan fingerprint density at radius 1 is 0.800 bits per heavy atom. The molecule has 30 heavy (non-hydrogen) atoms. The van der Waals surface area contributed by atoms with Gasteiger partial charge in [-0.15, -0.1) is 11.3 Å². The monoisotopic (exact) mass is 420 g/mol. The van der Waals surface area contributed by atoms with E-state index in [0.29, 0.717) is 43.2 Å². The molecule has 0 unspecified atom stereocenters. The average Bonchev–Trinajstić information content (AvgIpc) is 3.48. The maximum absolute atomic E-state index is 13.1. The molecular formula is C23H20N2O4S. The quantitative estimate of drug-likeness (QED) is 0.648. The maximum atomic E-state index is 13.1. The molecule has 0 saturated carbocycles. The molecule has 1 aromatic heterocycles. The highest BCUT2D eigenvalue weighted by molar-refractivity contribution is 7.12. The van der Waals surface area contributed by atoms with Gasteiger partial charge in [0.05, 0.1) is 4.88 Å². The lowest BCUT2D eigenvalue weighted by Gasteiger charge is -2.34. The van der Waals surface area contributed by atoms with E-state index >= 15 is 0 Å². The van der Waals surface area contributed by atoms with E-state index in [1.807, 2.05) is 46.7 Å². The molecule has 2 amide bonds. The van der Waals surface area contributed by atoms with E-state index in [0.717, 1.165) is 16.0 Å². The number of benzene rings is 2. The number of nitrogens with zero attached hydrogens (tertiary/aromatic N) is 2. The van der Waals surface area contributed by atoms with Crippen LogP contribution in [0.15, 0.2) is 60.0 Å². The third-order valence-electron chi connectivity index (χ3n) is 5.42. The smallest absolute Gasteiger partial charge is 0.264 e. The second-order valence-electron chi connectivity index (χ2n) is 7.18. The number of hydrogen-bond donors (Lipinski definition) is 0. The third kappa shape index (κ3) is 3.41. The summed E-state index contributed by atoms with van der Waals surface area (Å²) in [5, 5.41) is 1.95. The van der Waals surface area contributed by atoms with Gasteiger partial charge in [0.25, 0.3) is 11.8 Å². The third-order valence-corrected chi connectivity index (χ3v) is 6.32. The Bertz CT molecular complexity index is 1090. The highest BCUT2D eigenvalue weighted by Gasteiger charge is 2.28. The van der Waals surface area contributed by atoms with E-state index in [-0.39, 0.29) is 18.6 Å². The summed E-state index contributed by atoms with van der Waals surface area (Å²) in [5.41, 5.74) is 2.58. The second kappa shape index (κ2) is 7.84. The van der Waals surface area contributed by atoms with Gasteiger partial charge in [-0.05, 0) is 35.2 Å². The van der Waals surface area contributed by atoms with Crippen LogP contribution < -0.4 is 9.47 Å². The summed E-state index contributed by atoms with van der Waals surface area (Å²) >= 11 is 1.46. The van der Waals surface area contributed by atoms with Crippen LogP contribution in [0.4, 0.5) is 0 Å². The number of piperazine rings is 1. The van der Waals surface area contributed by atoms with Gasteiger partial charge in [-0.3, -0.25) is 9.59 Å². The van der Waals surface area contributed by atoms with Gasteiger partial charge in [0.2, 0.25) is 6.79 Å². The summed E-state index contributed by atoms with van der Waals surface area (Å²) in [7, 11) is 0. The normalized spacial score (nSPS) is 15.3. The molecule has 3 aromatic rings. The van der Waals surface area contributed by atoms with Crippen LogP contribution in [0.25, 0.3) is 11.1 Å². The van der Waals surface area contributed by atoms with Crippen LogP contribution in [0.2, 0.25) is 0 Å². The number of hydrogen-bond acceptors (Lipinski definition) is 5. The number of ether oxygens (including phenoxy) is 2. The first-order chi connectivity index (χ1) is 14.7. The number of thiophene rings is 1. The fourth-order valence-corrected chi connectivity index (χ4v) is 4.67. The summed E-state index contributed by atoms with van der Waals surface area (Å²) < 4.78 is 10.7. The minimum atomic E-state index is -0.0542. The van der Waals surface area contributed by atoms with Gasteiger partial charge in [0, 0.05) is 37.3 Å². The van der Waals surface area contributed by atoms with Crippen LogP contribution in [0.3, 0.4) is 0 Å². The largest absolute Gasteiger partial charge is 0.454 e. The van der Waals surface area contributed by atoms with Crippen molar-refractivity contribution >= 4 is 23.2 Å². The molecule has 0 radical (unpaired) electrons. The van der Waals surface area contributed by atoms with Crippen molar-refractivity contribution in [2.24, 2.45) is 0 Å². The van der Waals surface area contributed by atoms with Crippen molar-refractivity contribution in [1.82, 2.24) is 9.80 Å². The Morgan fingerprint density at radius 2 is 1.50 bits per heavy atom. The molecule has 152 valence electrons. The molecule has 0 aliphatic carbocycles. The highest BCUT2D eigenvalue weighted by Crippen LogP contribution is 2.33. The minimum absolute atomic E-state index is 0.0269. The predicted octanol–water partition coefficient (Wildman–Crippen LogP) is 3.74. The molecule has 0 bridgehead atoms. The Morgan fingerprint density at radius 3 is 2.27 bits per heavy atom. The predicted molar refractivity (Wildman–Crippen MR) is 114 cm³/mol. The molecule has 2 aliphatic heterocycles. The molecule has 3 heterocycles. The van der Waals surface area contributed by atoms with Crippen molar-refractivity contribution in [3.8, 4) is 22.6 Å². The Labute approximate surface area is 178 Å². The van der Waals surface area contributed by atoms with Gasteiger partial charge >= 0.3 is 0 Å². The van der Waals surface area contributed by atoms with Crippen molar-refractivity contribution in [2.75, 3.05) is 33.0 Å². The van der Waals surface area contributed by atoms with Crippen LogP contribution in [0, 0.1) is 0 Å².